The minimum absolute atomic E-state index is 0.182. The van der Waals surface area contributed by atoms with Gasteiger partial charge in [-0.05, 0) is 31.9 Å². The third-order valence-electron chi connectivity index (χ3n) is 3.10. The summed E-state index contributed by atoms with van der Waals surface area (Å²) < 4.78 is 0. The van der Waals surface area contributed by atoms with E-state index in [9.17, 15) is 5.11 Å². The van der Waals surface area contributed by atoms with E-state index in [0.29, 0.717) is 17.7 Å². The van der Waals surface area contributed by atoms with Crippen LogP contribution in [0, 0.1) is 6.92 Å². The largest absolute Gasteiger partial charge is 0.507 e. The normalized spacial score (nSPS) is 11.8. The van der Waals surface area contributed by atoms with Crippen LogP contribution in [0.5, 0.6) is 5.75 Å². The number of oxime groups is 1. The third kappa shape index (κ3) is 4.40. The van der Waals surface area contributed by atoms with E-state index in [2.05, 4.69) is 12.1 Å². The molecule has 0 aromatic heterocycles. The highest BCUT2D eigenvalue weighted by molar-refractivity contribution is 6.02. The zero-order valence-electron chi connectivity index (χ0n) is 11.3. The number of phenols is 1. The molecule has 1 aromatic rings. The Labute approximate surface area is 109 Å². The lowest BCUT2D eigenvalue weighted by molar-refractivity contribution is 0.317. The van der Waals surface area contributed by atoms with E-state index in [-0.39, 0.29) is 5.75 Å². The number of aromatic hydroxyl groups is 1. The number of aryl methyl sites for hydroxylation is 1. The van der Waals surface area contributed by atoms with Crippen molar-refractivity contribution < 1.29 is 10.3 Å². The van der Waals surface area contributed by atoms with Gasteiger partial charge in [-0.25, -0.2) is 0 Å². The van der Waals surface area contributed by atoms with Crippen LogP contribution in [0.1, 0.15) is 56.6 Å². The van der Waals surface area contributed by atoms with Crippen LogP contribution in [-0.4, -0.2) is 16.0 Å². The number of unbranched alkanes of at least 4 members (excludes halogenated alkanes) is 4. The molecule has 0 aliphatic rings. The topological polar surface area (TPSA) is 52.8 Å². The second-order valence-electron chi connectivity index (χ2n) is 4.73. The highest BCUT2D eigenvalue weighted by atomic mass is 16.4. The monoisotopic (exact) mass is 249 g/mol. The standard InChI is InChI=1S/C15H23NO2/c1-3-4-5-6-7-8-14(16-18)13-11-12(2)9-10-15(13)17/h9-11,17-18H,3-8H2,1-2H3/b16-14-. The maximum Gasteiger partial charge on any atom is 0.124 e. The van der Waals surface area contributed by atoms with E-state index in [1.54, 1.807) is 6.07 Å². The summed E-state index contributed by atoms with van der Waals surface area (Å²) in [6, 6.07) is 5.35. The maximum absolute atomic E-state index is 9.79. The molecule has 1 rings (SSSR count). The second kappa shape index (κ2) is 7.75. The van der Waals surface area contributed by atoms with Crippen molar-refractivity contribution >= 4 is 5.71 Å². The van der Waals surface area contributed by atoms with Gasteiger partial charge in [0.15, 0.2) is 0 Å². The van der Waals surface area contributed by atoms with E-state index in [0.717, 1.165) is 18.4 Å². The zero-order valence-corrected chi connectivity index (χ0v) is 11.3. The first-order chi connectivity index (χ1) is 8.69. The van der Waals surface area contributed by atoms with Gasteiger partial charge >= 0.3 is 0 Å². The Morgan fingerprint density at radius 1 is 1.17 bits per heavy atom. The molecule has 3 nitrogen and oxygen atoms in total. The minimum Gasteiger partial charge on any atom is -0.507 e. The predicted octanol–water partition coefficient (Wildman–Crippen LogP) is 4.24. The van der Waals surface area contributed by atoms with Crippen LogP contribution in [0.3, 0.4) is 0 Å². The van der Waals surface area contributed by atoms with Crippen molar-refractivity contribution in [2.75, 3.05) is 0 Å². The highest BCUT2D eigenvalue weighted by Gasteiger charge is 2.09. The number of nitrogens with zero attached hydrogens (tertiary/aromatic N) is 1. The molecule has 0 heterocycles. The summed E-state index contributed by atoms with van der Waals surface area (Å²) >= 11 is 0. The molecule has 0 saturated heterocycles. The van der Waals surface area contributed by atoms with Gasteiger partial charge in [0.25, 0.3) is 0 Å². The summed E-state index contributed by atoms with van der Waals surface area (Å²) in [4.78, 5) is 0. The summed E-state index contributed by atoms with van der Waals surface area (Å²) in [5, 5.41) is 22.2. The first-order valence-electron chi connectivity index (χ1n) is 6.70. The molecule has 0 unspecified atom stereocenters. The van der Waals surface area contributed by atoms with Crippen LogP contribution >= 0.6 is 0 Å². The Kier molecular flexibility index (Phi) is 6.26. The van der Waals surface area contributed by atoms with Gasteiger partial charge in [0, 0.05) is 5.56 Å². The van der Waals surface area contributed by atoms with E-state index in [1.165, 1.54) is 19.3 Å². The predicted molar refractivity (Wildman–Crippen MR) is 74.5 cm³/mol. The number of benzene rings is 1. The van der Waals surface area contributed by atoms with Crippen molar-refractivity contribution in [2.45, 2.75) is 52.4 Å². The van der Waals surface area contributed by atoms with Crippen LogP contribution in [0.4, 0.5) is 0 Å². The fourth-order valence-electron chi connectivity index (χ4n) is 2.02. The Balaban J connectivity index is 2.58. The van der Waals surface area contributed by atoms with Crippen LogP contribution in [0.15, 0.2) is 23.4 Å². The Morgan fingerprint density at radius 2 is 1.89 bits per heavy atom. The number of phenolic OH excluding ortho intramolecular Hbond substituents is 1. The van der Waals surface area contributed by atoms with Gasteiger partial charge in [0.2, 0.25) is 0 Å². The van der Waals surface area contributed by atoms with E-state index in [1.807, 2.05) is 19.1 Å². The SMILES string of the molecule is CCCCCCC/C(=N/O)c1cc(C)ccc1O. The first-order valence-corrected chi connectivity index (χ1v) is 6.70. The lowest BCUT2D eigenvalue weighted by atomic mass is 10.0. The molecule has 18 heavy (non-hydrogen) atoms. The van der Waals surface area contributed by atoms with Gasteiger partial charge < -0.3 is 10.3 Å². The average Bonchev–Trinajstić information content (AvgIpc) is 2.37. The summed E-state index contributed by atoms with van der Waals surface area (Å²) in [6.07, 6.45) is 6.53. The Morgan fingerprint density at radius 3 is 2.56 bits per heavy atom. The zero-order chi connectivity index (χ0) is 13.4. The molecular weight excluding hydrogens is 226 g/mol. The molecule has 0 radical (unpaired) electrons. The maximum atomic E-state index is 9.79. The van der Waals surface area contributed by atoms with Crippen molar-refractivity contribution in [3.8, 4) is 5.75 Å². The molecule has 0 fully saturated rings. The molecule has 0 spiro atoms. The molecule has 1 aromatic carbocycles. The van der Waals surface area contributed by atoms with Crippen molar-refractivity contribution in [3.05, 3.63) is 29.3 Å². The summed E-state index contributed by atoms with van der Waals surface area (Å²) in [6.45, 7) is 4.14. The third-order valence-corrected chi connectivity index (χ3v) is 3.10. The van der Waals surface area contributed by atoms with Gasteiger partial charge in [0.1, 0.15) is 5.75 Å². The number of rotatable bonds is 7. The van der Waals surface area contributed by atoms with Gasteiger partial charge in [0.05, 0.1) is 5.71 Å². The summed E-state index contributed by atoms with van der Waals surface area (Å²) in [7, 11) is 0. The highest BCUT2D eigenvalue weighted by Crippen LogP contribution is 2.21. The van der Waals surface area contributed by atoms with Crippen molar-refractivity contribution in [3.63, 3.8) is 0 Å². The van der Waals surface area contributed by atoms with Gasteiger partial charge in [-0.15, -0.1) is 0 Å². The Hall–Kier alpha value is -1.51. The van der Waals surface area contributed by atoms with Gasteiger partial charge in [-0.1, -0.05) is 49.4 Å². The fraction of sp³-hybridized carbons (Fsp3) is 0.533. The van der Waals surface area contributed by atoms with E-state index >= 15 is 0 Å². The molecule has 0 saturated carbocycles. The molecular formula is C15H23NO2. The lowest BCUT2D eigenvalue weighted by Gasteiger charge is -2.08. The lowest BCUT2D eigenvalue weighted by Crippen LogP contribution is -2.02. The minimum atomic E-state index is 0.182. The van der Waals surface area contributed by atoms with Crippen LogP contribution in [0.25, 0.3) is 0 Å². The van der Waals surface area contributed by atoms with Crippen LogP contribution in [0.2, 0.25) is 0 Å². The van der Waals surface area contributed by atoms with Gasteiger partial charge in [-0.3, -0.25) is 0 Å². The molecule has 0 amide bonds. The quantitative estimate of drug-likeness (QED) is 0.329. The van der Waals surface area contributed by atoms with E-state index < -0.39 is 0 Å². The van der Waals surface area contributed by atoms with Gasteiger partial charge in [-0.2, -0.15) is 0 Å². The number of hydrogen-bond acceptors (Lipinski definition) is 3. The fourth-order valence-corrected chi connectivity index (χ4v) is 2.02. The summed E-state index contributed by atoms with van der Waals surface area (Å²) in [5.74, 6) is 0.182. The number of hydrogen-bond donors (Lipinski definition) is 2. The van der Waals surface area contributed by atoms with Crippen molar-refractivity contribution in [1.29, 1.82) is 0 Å². The summed E-state index contributed by atoms with van der Waals surface area (Å²) in [5.41, 5.74) is 2.27. The van der Waals surface area contributed by atoms with Crippen LogP contribution < -0.4 is 0 Å². The first kappa shape index (κ1) is 14.6. The molecule has 0 atom stereocenters. The molecule has 2 N–H and O–H groups in total. The second-order valence-corrected chi connectivity index (χ2v) is 4.73. The van der Waals surface area contributed by atoms with Crippen LogP contribution in [-0.2, 0) is 0 Å². The molecule has 0 aliphatic carbocycles. The van der Waals surface area contributed by atoms with Crippen molar-refractivity contribution in [1.82, 2.24) is 0 Å². The molecule has 100 valence electrons. The molecule has 0 bridgehead atoms. The smallest absolute Gasteiger partial charge is 0.124 e. The Bertz CT molecular complexity index is 399. The van der Waals surface area contributed by atoms with Crippen molar-refractivity contribution in [2.24, 2.45) is 5.16 Å². The average molecular weight is 249 g/mol. The molecule has 0 aliphatic heterocycles. The molecule has 3 heteroatoms. The van der Waals surface area contributed by atoms with E-state index in [4.69, 9.17) is 5.21 Å².